The van der Waals surface area contributed by atoms with Crippen LogP contribution < -0.4 is 5.32 Å². The van der Waals surface area contributed by atoms with Crippen molar-refractivity contribution in [2.45, 2.75) is 0 Å². The first-order valence-corrected chi connectivity index (χ1v) is 4.77. The fraction of sp³-hybridized carbons (Fsp3) is 0.800. The predicted octanol–water partition coefficient (Wildman–Crippen LogP) is 0.442. The van der Waals surface area contributed by atoms with E-state index in [4.69, 9.17) is 14.2 Å². The van der Waals surface area contributed by atoms with E-state index in [-0.39, 0.29) is 0 Å². The van der Waals surface area contributed by atoms with E-state index in [1.807, 2.05) is 7.05 Å². The molecule has 0 aromatic carbocycles. The van der Waals surface area contributed by atoms with Gasteiger partial charge in [-0.2, -0.15) is 0 Å². The van der Waals surface area contributed by atoms with Crippen LogP contribution in [-0.4, -0.2) is 53.7 Å². The molecule has 0 aliphatic heterocycles. The minimum absolute atomic E-state index is 0.592. The van der Waals surface area contributed by atoms with Gasteiger partial charge in [0.25, 0.3) is 0 Å². The normalized spacial score (nSPS) is 10.4. The molecule has 0 rings (SSSR count). The summed E-state index contributed by atoms with van der Waals surface area (Å²) in [5.41, 5.74) is 1.05. The van der Waals surface area contributed by atoms with Crippen molar-refractivity contribution in [3.05, 3.63) is 12.2 Å². The number of hydrogen-bond donors (Lipinski definition) is 1. The largest absolute Gasteiger partial charge is 0.382 e. The molecule has 0 amide bonds. The summed E-state index contributed by atoms with van der Waals surface area (Å²) in [6.07, 6.45) is 0. The maximum Gasteiger partial charge on any atom is 0.0704 e. The van der Waals surface area contributed by atoms with Crippen molar-refractivity contribution in [3.8, 4) is 0 Å². The Kier molecular flexibility index (Phi) is 10.3. The molecule has 0 aliphatic carbocycles. The van der Waals surface area contributed by atoms with Crippen LogP contribution in [0.4, 0.5) is 0 Å². The number of ether oxygens (including phenoxy) is 3. The summed E-state index contributed by atoms with van der Waals surface area (Å²) in [4.78, 5) is 0. The number of rotatable bonds is 10. The summed E-state index contributed by atoms with van der Waals surface area (Å²) >= 11 is 0. The summed E-state index contributed by atoms with van der Waals surface area (Å²) in [6.45, 7) is 7.70. The Balaban J connectivity index is 3.01. The van der Waals surface area contributed by atoms with Crippen LogP contribution in [0.3, 0.4) is 0 Å². The van der Waals surface area contributed by atoms with Gasteiger partial charge in [-0.15, -0.1) is 0 Å². The standard InChI is InChI=1S/C10H21NO3/c1-10(8-11-2)9-14-7-6-13-5-4-12-3/h11H,1,4-9H2,2-3H3. The first-order chi connectivity index (χ1) is 6.81. The summed E-state index contributed by atoms with van der Waals surface area (Å²) in [5.74, 6) is 0. The zero-order valence-electron chi connectivity index (χ0n) is 9.17. The predicted molar refractivity (Wildman–Crippen MR) is 56.6 cm³/mol. The van der Waals surface area contributed by atoms with Crippen molar-refractivity contribution in [3.63, 3.8) is 0 Å². The van der Waals surface area contributed by atoms with Crippen molar-refractivity contribution in [1.29, 1.82) is 0 Å². The SMILES string of the molecule is C=C(CNC)COCCOCCOC. The van der Waals surface area contributed by atoms with Crippen molar-refractivity contribution < 1.29 is 14.2 Å². The average Bonchev–Trinajstić information content (AvgIpc) is 2.17. The topological polar surface area (TPSA) is 39.7 Å². The van der Waals surface area contributed by atoms with Gasteiger partial charge in [0.2, 0.25) is 0 Å². The van der Waals surface area contributed by atoms with Gasteiger partial charge in [-0.25, -0.2) is 0 Å². The minimum Gasteiger partial charge on any atom is -0.382 e. The highest BCUT2D eigenvalue weighted by Gasteiger charge is 1.93. The Hall–Kier alpha value is -0.420. The molecular weight excluding hydrogens is 182 g/mol. The Morgan fingerprint density at radius 3 is 2.43 bits per heavy atom. The van der Waals surface area contributed by atoms with Gasteiger partial charge in [0.1, 0.15) is 0 Å². The van der Waals surface area contributed by atoms with E-state index in [1.54, 1.807) is 7.11 Å². The molecule has 1 N–H and O–H groups in total. The number of nitrogens with one attached hydrogen (secondary N) is 1. The number of likely N-dealkylation sites (N-methyl/N-ethyl adjacent to an activating group) is 1. The molecule has 0 saturated carbocycles. The summed E-state index contributed by atoms with van der Waals surface area (Å²) < 4.78 is 15.4. The Morgan fingerprint density at radius 1 is 1.14 bits per heavy atom. The molecule has 0 aromatic rings. The molecule has 0 fully saturated rings. The van der Waals surface area contributed by atoms with Crippen LogP contribution in [0.25, 0.3) is 0 Å². The molecule has 84 valence electrons. The maximum absolute atomic E-state index is 5.32. The fourth-order valence-corrected chi connectivity index (χ4v) is 0.880. The molecule has 0 aromatic heterocycles. The van der Waals surface area contributed by atoms with Gasteiger partial charge in [0, 0.05) is 13.7 Å². The molecule has 14 heavy (non-hydrogen) atoms. The third kappa shape index (κ3) is 9.67. The Labute approximate surface area is 86.2 Å². The average molecular weight is 203 g/mol. The van der Waals surface area contributed by atoms with Gasteiger partial charge >= 0.3 is 0 Å². The van der Waals surface area contributed by atoms with Gasteiger partial charge in [-0.3, -0.25) is 0 Å². The summed E-state index contributed by atoms with van der Waals surface area (Å²) in [6, 6.07) is 0. The molecule has 0 atom stereocenters. The van der Waals surface area contributed by atoms with Crippen LogP contribution in [0.15, 0.2) is 12.2 Å². The monoisotopic (exact) mass is 203 g/mol. The Bertz CT molecular complexity index is 139. The van der Waals surface area contributed by atoms with Gasteiger partial charge < -0.3 is 19.5 Å². The molecule has 4 heteroatoms. The van der Waals surface area contributed by atoms with Crippen LogP contribution >= 0.6 is 0 Å². The quantitative estimate of drug-likeness (QED) is 0.413. The van der Waals surface area contributed by atoms with E-state index in [0.717, 1.165) is 12.1 Å². The molecule has 0 aliphatic rings. The van der Waals surface area contributed by atoms with E-state index in [1.165, 1.54) is 0 Å². The first-order valence-electron chi connectivity index (χ1n) is 4.77. The molecule has 0 saturated heterocycles. The molecule has 0 spiro atoms. The Morgan fingerprint density at radius 2 is 1.79 bits per heavy atom. The zero-order valence-corrected chi connectivity index (χ0v) is 9.17. The maximum atomic E-state index is 5.32. The number of hydrogen-bond acceptors (Lipinski definition) is 4. The first kappa shape index (κ1) is 13.6. The van der Waals surface area contributed by atoms with E-state index in [2.05, 4.69) is 11.9 Å². The van der Waals surface area contributed by atoms with Crippen molar-refractivity contribution in [2.75, 3.05) is 53.7 Å². The lowest BCUT2D eigenvalue weighted by Gasteiger charge is -2.07. The highest BCUT2D eigenvalue weighted by Crippen LogP contribution is 1.89. The van der Waals surface area contributed by atoms with Crippen LogP contribution in [-0.2, 0) is 14.2 Å². The molecule has 0 unspecified atom stereocenters. The van der Waals surface area contributed by atoms with Gasteiger partial charge in [-0.05, 0) is 12.6 Å². The van der Waals surface area contributed by atoms with E-state index >= 15 is 0 Å². The highest BCUT2D eigenvalue weighted by atomic mass is 16.5. The lowest BCUT2D eigenvalue weighted by atomic mass is 10.3. The molecule has 0 bridgehead atoms. The van der Waals surface area contributed by atoms with Crippen molar-refractivity contribution >= 4 is 0 Å². The number of methoxy groups -OCH3 is 1. The lowest BCUT2D eigenvalue weighted by molar-refractivity contribution is 0.0299. The lowest BCUT2D eigenvalue weighted by Crippen LogP contribution is -2.15. The van der Waals surface area contributed by atoms with Crippen molar-refractivity contribution in [2.24, 2.45) is 0 Å². The molecule has 0 radical (unpaired) electrons. The second kappa shape index (κ2) is 10.7. The van der Waals surface area contributed by atoms with E-state index < -0.39 is 0 Å². The van der Waals surface area contributed by atoms with E-state index in [0.29, 0.717) is 33.0 Å². The minimum atomic E-state index is 0.592. The molecule has 4 nitrogen and oxygen atoms in total. The molecular formula is C10H21NO3. The van der Waals surface area contributed by atoms with Gasteiger partial charge in [0.05, 0.1) is 33.0 Å². The van der Waals surface area contributed by atoms with Crippen molar-refractivity contribution in [1.82, 2.24) is 5.32 Å². The fourth-order valence-electron chi connectivity index (χ4n) is 0.880. The van der Waals surface area contributed by atoms with Crippen LogP contribution in [0.5, 0.6) is 0 Å². The summed E-state index contributed by atoms with van der Waals surface area (Å²) in [7, 11) is 3.54. The van der Waals surface area contributed by atoms with Gasteiger partial charge in [0.15, 0.2) is 0 Å². The van der Waals surface area contributed by atoms with Crippen LogP contribution in [0, 0.1) is 0 Å². The molecule has 0 heterocycles. The van der Waals surface area contributed by atoms with Crippen LogP contribution in [0.1, 0.15) is 0 Å². The smallest absolute Gasteiger partial charge is 0.0704 e. The third-order valence-electron chi connectivity index (χ3n) is 1.54. The third-order valence-corrected chi connectivity index (χ3v) is 1.54. The second-order valence-corrected chi connectivity index (χ2v) is 2.94. The highest BCUT2D eigenvalue weighted by molar-refractivity contribution is 4.96. The van der Waals surface area contributed by atoms with E-state index in [9.17, 15) is 0 Å². The second-order valence-electron chi connectivity index (χ2n) is 2.94. The zero-order chi connectivity index (χ0) is 10.6. The van der Waals surface area contributed by atoms with Crippen LogP contribution in [0.2, 0.25) is 0 Å². The summed E-state index contributed by atoms with van der Waals surface area (Å²) in [5, 5.41) is 3.01. The van der Waals surface area contributed by atoms with Gasteiger partial charge in [-0.1, -0.05) is 6.58 Å².